The second kappa shape index (κ2) is 7.87. The van der Waals surface area contributed by atoms with Gasteiger partial charge < -0.3 is 20.1 Å². The molecule has 0 bridgehead atoms. The van der Waals surface area contributed by atoms with E-state index in [9.17, 15) is 14.4 Å². The number of fused-ring (bicyclic) bond motifs is 1. The van der Waals surface area contributed by atoms with Crippen LogP contribution in [0.1, 0.15) is 18.1 Å². The third-order valence-electron chi connectivity index (χ3n) is 5.04. The highest BCUT2D eigenvalue weighted by Crippen LogP contribution is 2.34. The molecule has 1 fully saturated rings. The van der Waals surface area contributed by atoms with Crippen LogP contribution in [0.4, 0.5) is 4.79 Å². The smallest absolute Gasteiger partial charge is 0.325 e. The Morgan fingerprint density at radius 1 is 1.13 bits per heavy atom. The standard InChI is InChI=1S/C21H20ClN3O5/c1-21(9-14-4-7-16-17(8-14)30-12-29-16)19(27)25(20(28)24-21)11-18(26)23-10-13-2-5-15(22)6-3-13/h2-8H,9-12H2,1H3,(H,23,26)(H,24,28)/t21-/m1/s1. The van der Waals surface area contributed by atoms with Crippen LogP contribution in [0.15, 0.2) is 42.5 Å². The lowest BCUT2D eigenvalue weighted by Crippen LogP contribution is -2.46. The molecule has 0 spiro atoms. The Kier molecular flexibility index (Phi) is 5.26. The molecular weight excluding hydrogens is 410 g/mol. The van der Waals surface area contributed by atoms with Crippen molar-refractivity contribution in [2.45, 2.75) is 25.4 Å². The van der Waals surface area contributed by atoms with E-state index in [0.29, 0.717) is 16.5 Å². The number of nitrogens with one attached hydrogen (secondary N) is 2. The van der Waals surface area contributed by atoms with Gasteiger partial charge >= 0.3 is 6.03 Å². The van der Waals surface area contributed by atoms with Crippen molar-refractivity contribution in [1.29, 1.82) is 0 Å². The molecular formula is C21H20ClN3O5. The zero-order valence-electron chi connectivity index (χ0n) is 16.2. The van der Waals surface area contributed by atoms with E-state index >= 15 is 0 Å². The summed E-state index contributed by atoms with van der Waals surface area (Å²) in [6, 6.07) is 11.8. The van der Waals surface area contributed by atoms with Crippen molar-refractivity contribution in [1.82, 2.24) is 15.5 Å². The highest BCUT2D eigenvalue weighted by Gasteiger charge is 2.48. The average Bonchev–Trinajstić information content (AvgIpc) is 3.25. The van der Waals surface area contributed by atoms with Gasteiger partial charge in [-0.2, -0.15) is 0 Å². The lowest BCUT2D eigenvalue weighted by Gasteiger charge is -2.22. The van der Waals surface area contributed by atoms with Gasteiger partial charge in [-0.05, 0) is 42.3 Å². The van der Waals surface area contributed by atoms with Crippen molar-refractivity contribution in [2.75, 3.05) is 13.3 Å². The van der Waals surface area contributed by atoms with Gasteiger partial charge in [-0.15, -0.1) is 0 Å². The fraction of sp³-hybridized carbons (Fsp3) is 0.286. The molecule has 0 aliphatic carbocycles. The number of carbonyl (C=O) groups excluding carboxylic acids is 3. The van der Waals surface area contributed by atoms with Gasteiger partial charge in [0, 0.05) is 18.0 Å². The van der Waals surface area contributed by atoms with E-state index < -0.39 is 23.4 Å². The first-order valence-electron chi connectivity index (χ1n) is 9.38. The number of benzene rings is 2. The molecule has 2 aliphatic heterocycles. The maximum absolute atomic E-state index is 12.9. The van der Waals surface area contributed by atoms with E-state index in [4.69, 9.17) is 21.1 Å². The van der Waals surface area contributed by atoms with Crippen LogP contribution >= 0.6 is 11.6 Å². The third kappa shape index (κ3) is 4.04. The van der Waals surface area contributed by atoms with Crippen LogP contribution in [0, 0.1) is 0 Å². The number of imide groups is 1. The SMILES string of the molecule is C[C@]1(Cc2ccc3c(c2)OCO3)NC(=O)N(CC(=O)NCc2ccc(Cl)cc2)C1=O. The van der Waals surface area contributed by atoms with Crippen LogP contribution < -0.4 is 20.1 Å². The van der Waals surface area contributed by atoms with E-state index in [0.717, 1.165) is 16.0 Å². The molecule has 156 valence electrons. The van der Waals surface area contributed by atoms with Crippen LogP contribution in [0.25, 0.3) is 0 Å². The van der Waals surface area contributed by atoms with Gasteiger partial charge in [-0.1, -0.05) is 29.8 Å². The molecule has 0 aromatic heterocycles. The van der Waals surface area contributed by atoms with Gasteiger partial charge in [0.1, 0.15) is 12.1 Å². The summed E-state index contributed by atoms with van der Waals surface area (Å²) in [5, 5.41) is 6.01. The molecule has 4 rings (SSSR count). The Balaban J connectivity index is 1.38. The summed E-state index contributed by atoms with van der Waals surface area (Å²) in [5.74, 6) is 0.364. The van der Waals surface area contributed by atoms with Gasteiger partial charge in [-0.25, -0.2) is 4.79 Å². The van der Waals surface area contributed by atoms with Gasteiger partial charge in [0.25, 0.3) is 5.91 Å². The van der Waals surface area contributed by atoms with Crippen LogP contribution in [0.2, 0.25) is 5.02 Å². The van der Waals surface area contributed by atoms with E-state index in [1.165, 1.54) is 0 Å². The summed E-state index contributed by atoms with van der Waals surface area (Å²) in [7, 11) is 0. The maximum atomic E-state index is 12.9. The number of rotatable bonds is 6. The summed E-state index contributed by atoms with van der Waals surface area (Å²) in [5.41, 5.74) is 0.517. The molecule has 2 aromatic rings. The second-order valence-electron chi connectivity index (χ2n) is 7.42. The molecule has 2 N–H and O–H groups in total. The van der Waals surface area contributed by atoms with Crippen LogP contribution in [-0.4, -0.2) is 41.6 Å². The summed E-state index contributed by atoms with van der Waals surface area (Å²) >= 11 is 5.84. The van der Waals surface area contributed by atoms with Crippen LogP contribution in [-0.2, 0) is 22.6 Å². The van der Waals surface area contributed by atoms with Crippen molar-refractivity contribution < 1.29 is 23.9 Å². The zero-order chi connectivity index (χ0) is 21.3. The molecule has 1 saturated heterocycles. The molecule has 30 heavy (non-hydrogen) atoms. The largest absolute Gasteiger partial charge is 0.454 e. The minimum atomic E-state index is -1.15. The predicted molar refractivity (Wildman–Crippen MR) is 108 cm³/mol. The zero-order valence-corrected chi connectivity index (χ0v) is 17.0. The average molecular weight is 430 g/mol. The van der Waals surface area contributed by atoms with Crippen molar-refractivity contribution in [3.8, 4) is 11.5 Å². The second-order valence-corrected chi connectivity index (χ2v) is 7.86. The van der Waals surface area contributed by atoms with E-state index in [1.54, 1.807) is 43.3 Å². The molecule has 8 nitrogen and oxygen atoms in total. The Morgan fingerprint density at radius 3 is 2.60 bits per heavy atom. The molecule has 2 aromatic carbocycles. The maximum Gasteiger partial charge on any atom is 0.325 e. The van der Waals surface area contributed by atoms with E-state index in [-0.39, 0.29) is 26.3 Å². The number of hydrogen-bond acceptors (Lipinski definition) is 5. The minimum Gasteiger partial charge on any atom is -0.454 e. The summed E-state index contributed by atoms with van der Waals surface area (Å²) < 4.78 is 10.7. The lowest BCUT2D eigenvalue weighted by molar-refractivity contribution is -0.134. The van der Waals surface area contributed by atoms with Crippen molar-refractivity contribution >= 4 is 29.4 Å². The Morgan fingerprint density at radius 2 is 1.83 bits per heavy atom. The topological polar surface area (TPSA) is 97.0 Å². The predicted octanol–water partition coefficient (Wildman–Crippen LogP) is 2.24. The highest BCUT2D eigenvalue weighted by atomic mass is 35.5. The van der Waals surface area contributed by atoms with Gasteiger partial charge in [0.15, 0.2) is 11.5 Å². The summed E-state index contributed by atoms with van der Waals surface area (Å²) in [6.45, 7) is 1.72. The van der Waals surface area contributed by atoms with Crippen molar-refractivity contribution in [3.63, 3.8) is 0 Å². The Bertz CT molecular complexity index is 1010. The number of hydrogen-bond donors (Lipinski definition) is 2. The number of halogens is 1. The van der Waals surface area contributed by atoms with Crippen LogP contribution in [0.5, 0.6) is 11.5 Å². The van der Waals surface area contributed by atoms with E-state index in [1.807, 2.05) is 6.07 Å². The number of nitrogens with zero attached hydrogens (tertiary/aromatic N) is 1. The quantitative estimate of drug-likeness (QED) is 0.686. The monoisotopic (exact) mass is 429 g/mol. The minimum absolute atomic E-state index is 0.157. The first-order chi connectivity index (χ1) is 14.3. The molecule has 0 radical (unpaired) electrons. The number of urea groups is 1. The lowest BCUT2D eigenvalue weighted by atomic mass is 9.92. The van der Waals surface area contributed by atoms with Gasteiger partial charge in [0.2, 0.25) is 12.7 Å². The fourth-order valence-corrected chi connectivity index (χ4v) is 3.60. The van der Waals surface area contributed by atoms with Crippen molar-refractivity contribution in [3.05, 3.63) is 58.6 Å². The van der Waals surface area contributed by atoms with Gasteiger partial charge in [0.05, 0.1) is 0 Å². The Hall–Kier alpha value is -3.26. The molecule has 2 heterocycles. The molecule has 0 unspecified atom stereocenters. The number of ether oxygens (including phenoxy) is 2. The molecule has 9 heteroatoms. The number of carbonyl (C=O) groups is 3. The van der Waals surface area contributed by atoms with Crippen molar-refractivity contribution in [2.24, 2.45) is 0 Å². The van der Waals surface area contributed by atoms with Gasteiger partial charge in [-0.3, -0.25) is 14.5 Å². The number of amides is 4. The summed E-state index contributed by atoms with van der Waals surface area (Å²) in [4.78, 5) is 38.5. The molecule has 0 saturated carbocycles. The molecule has 2 aliphatic rings. The molecule has 4 amide bonds. The normalized spacial score (nSPS) is 19.7. The first-order valence-corrected chi connectivity index (χ1v) is 9.76. The highest BCUT2D eigenvalue weighted by molar-refractivity contribution is 6.30. The summed E-state index contributed by atoms with van der Waals surface area (Å²) in [6.07, 6.45) is 0.261. The van der Waals surface area contributed by atoms with Crippen LogP contribution in [0.3, 0.4) is 0 Å². The molecule has 1 atom stereocenters. The Labute approximate surface area is 178 Å². The third-order valence-corrected chi connectivity index (χ3v) is 5.30. The first kappa shape index (κ1) is 20.0. The fourth-order valence-electron chi connectivity index (χ4n) is 3.47. The van der Waals surface area contributed by atoms with E-state index in [2.05, 4.69) is 10.6 Å².